The molecule has 0 radical (unpaired) electrons. The number of hydrogen-bond donors (Lipinski definition) is 1. The molecule has 1 N–H and O–H groups in total. The summed E-state index contributed by atoms with van der Waals surface area (Å²) in [6, 6.07) is -0.629. The lowest BCUT2D eigenvalue weighted by Crippen LogP contribution is -2.52. The highest BCUT2D eigenvalue weighted by molar-refractivity contribution is 5.82. The van der Waals surface area contributed by atoms with E-state index >= 15 is 0 Å². The van der Waals surface area contributed by atoms with Gasteiger partial charge in [0.25, 0.3) is 0 Å². The summed E-state index contributed by atoms with van der Waals surface area (Å²) in [6.07, 6.45) is 2.95. The predicted molar refractivity (Wildman–Crippen MR) is 70.0 cm³/mol. The van der Waals surface area contributed by atoms with Crippen LogP contribution < -0.4 is 0 Å². The molecule has 2 atom stereocenters. The Morgan fingerprint density at radius 2 is 2.30 bits per heavy atom. The number of aryl methyl sites for hydroxylation is 1. The summed E-state index contributed by atoms with van der Waals surface area (Å²) < 4.78 is 7.07. The van der Waals surface area contributed by atoms with Gasteiger partial charge in [0.05, 0.1) is 18.2 Å². The third kappa shape index (κ3) is 2.53. The monoisotopic (exact) mass is 281 g/mol. The van der Waals surface area contributed by atoms with Crippen LogP contribution in [0.5, 0.6) is 0 Å². The Labute approximate surface area is 117 Å². The lowest BCUT2D eigenvalue weighted by Gasteiger charge is -2.39. The standard InChI is InChI=1S/C13H19N3O4/c1-3-5-16-10(17)7-20-12(13(18)19)11(16)9-6-14-8-15(9)4-2/h6,8,11-12H,3-5,7H2,1-2H3,(H,18,19). The molecule has 0 aromatic carbocycles. The minimum absolute atomic E-state index is 0.182. The largest absolute Gasteiger partial charge is 0.479 e. The zero-order valence-corrected chi connectivity index (χ0v) is 11.7. The van der Waals surface area contributed by atoms with Gasteiger partial charge in [-0.25, -0.2) is 9.78 Å². The Balaban J connectivity index is 2.43. The number of carboxylic acid groups (broad SMARTS) is 1. The summed E-state index contributed by atoms with van der Waals surface area (Å²) in [4.78, 5) is 29.1. The first-order chi connectivity index (χ1) is 9.60. The summed E-state index contributed by atoms with van der Waals surface area (Å²) in [5.74, 6) is -1.24. The maximum Gasteiger partial charge on any atom is 0.335 e. The fourth-order valence-electron chi connectivity index (χ4n) is 2.52. The highest BCUT2D eigenvalue weighted by atomic mass is 16.5. The van der Waals surface area contributed by atoms with Crippen LogP contribution in [0.3, 0.4) is 0 Å². The first kappa shape index (κ1) is 14.5. The van der Waals surface area contributed by atoms with Crippen molar-refractivity contribution in [3.05, 3.63) is 18.2 Å². The van der Waals surface area contributed by atoms with Gasteiger partial charge >= 0.3 is 5.97 Å². The Morgan fingerprint density at radius 1 is 1.55 bits per heavy atom. The molecule has 7 heteroatoms. The summed E-state index contributed by atoms with van der Waals surface area (Å²) >= 11 is 0. The summed E-state index contributed by atoms with van der Waals surface area (Å²) in [7, 11) is 0. The molecular weight excluding hydrogens is 262 g/mol. The number of ether oxygens (including phenoxy) is 1. The molecule has 20 heavy (non-hydrogen) atoms. The van der Waals surface area contributed by atoms with Crippen molar-refractivity contribution < 1.29 is 19.4 Å². The normalized spacial score (nSPS) is 23.1. The molecule has 7 nitrogen and oxygen atoms in total. The number of hydrogen-bond acceptors (Lipinski definition) is 4. The van der Waals surface area contributed by atoms with Crippen LogP contribution in [0.4, 0.5) is 0 Å². The smallest absolute Gasteiger partial charge is 0.335 e. The average Bonchev–Trinajstić information content (AvgIpc) is 2.88. The molecule has 1 amide bonds. The quantitative estimate of drug-likeness (QED) is 0.857. The lowest BCUT2D eigenvalue weighted by atomic mass is 10.0. The first-order valence-corrected chi connectivity index (χ1v) is 6.74. The highest BCUT2D eigenvalue weighted by Gasteiger charge is 2.42. The SMILES string of the molecule is CCCN1C(=O)COC(C(=O)O)C1c1cncn1CC. The van der Waals surface area contributed by atoms with E-state index in [1.54, 1.807) is 17.4 Å². The van der Waals surface area contributed by atoms with Gasteiger partial charge in [-0.05, 0) is 13.3 Å². The zero-order chi connectivity index (χ0) is 14.7. The number of carboxylic acids is 1. The third-order valence-electron chi connectivity index (χ3n) is 3.43. The van der Waals surface area contributed by atoms with Crippen LogP contribution >= 0.6 is 0 Å². The fourth-order valence-corrected chi connectivity index (χ4v) is 2.52. The molecular formula is C13H19N3O4. The molecule has 2 rings (SSSR count). The molecule has 0 spiro atoms. The van der Waals surface area contributed by atoms with Crippen molar-refractivity contribution in [2.75, 3.05) is 13.2 Å². The van der Waals surface area contributed by atoms with Crippen molar-refractivity contribution in [3.8, 4) is 0 Å². The molecule has 0 aliphatic carbocycles. The van der Waals surface area contributed by atoms with Gasteiger partial charge in [-0.2, -0.15) is 0 Å². The van der Waals surface area contributed by atoms with E-state index in [2.05, 4.69) is 4.98 Å². The van der Waals surface area contributed by atoms with Gasteiger partial charge in [0, 0.05) is 13.1 Å². The topological polar surface area (TPSA) is 84.7 Å². The Morgan fingerprint density at radius 3 is 2.90 bits per heavy atom. The van der Waals surface area contributed by atoms with Crippen molar-refractivity contribution in [1.29, 1.82) is 0 Å². The average molecular weight is 281 g/mol. The zero-order valence-electron chi connectivity index (χ0n) is 11.7. The number of rotatable bonds is 5. The molecule has 0 saturated carbocycles. The van der Waals surface area contributed by atoms with Crippen LogP contribution in [0.2, 0.25) is 0 Å². The van der Waals surface area contributed by atoms with Gasteiger partial charge in [0.1, 0.15) is 12.6 Å². The van der Waals surface area contributed by atoms with E-state index in [4.69, 9.17) is 4.74 Å². The van der Waals surface area contributed by atoms with Crippen molar-refractivity contribution in [3.63, 3.8) is 0 Å². The number of aromatic nitrogens is 2. The lowest BCUT2D eigenvalue weighted by molar-refractivity contribution is -0.173. The number of amides is 1. The molecule has 110 valence electrons. The minimum atomic E-state index is -1.06. The van der Waals surface area contributed by atoms with Crippen LogP contribution in [0.25, 0.3) is 0 Å². The number of nitrogens with zero attached hydrogens (tertiary/aromatic N) is 3. The van der Waals surface area contributed by atoms with Crippen LogP contribution in [0.15, 0.2) is 12.5 Å². The van der Waals surface area contributed by atoms with Gasteiger partial charge in [-0.3, -0.25) is 4.79 Å². The number of carbonyl (C=O) groups is 2. The second-order valence-electron chi connectivity index (χ2n) is 4.71. The number of carbonyl (C=O) groups excluding carboxylic acids is 1. The van der Waals surface area contributed by atoms with E-state index in [0.29, 0.717) is 18.8 Å². The molecule has 1 fully saturated rings. The van der Waals surface area contributed by atoms with Crippen molar-refractivity contribution in [1.82, 2.24) is 14.5 Å². The van der Waals surface area contributed by atoms with Crippen LogP contribution in [0, 0.1) is 0 Å². The van der Waals surface area contributed by atoms with Crippen LogP contribution in [0.1, 0.15) is 32.0 Å². The first-order valence-electron chi connectivity index (χ1n) is 6.74. The van der Waals surface area contributed by atoms with E-state index in [9.17, 15) is 14.7 Å². The molecule has 2 unspecified atom stereocenters. The minimum Gasteiger partial charge on any atom is -0.479 e. The Bertz CT molecular complexity index is 500. The van der Waals surface area contributed by atoms with Crippen LogP contribution in [-0.4, -0.2) is 50.7 Å². The molecule has 1 aromatic rings. The van der Waals surface area contributed by atoms with Gasteiger partial charge in [-0.1, -0.05) is 6.92 Å². The maximum atomic E-state index is 12.0. The van der Waals surface area contributed by atoms with E-state index < -0.39 is 18.1 Å². The van der Waals surface area contributed by atoms with E-state index in [-0.39, 0.29) is 12.5 Å². The van der Waals surface area contributed by atoms with Crippen molar-refractivity contribution in [2.45, 2.75) is 39.0 Å². The maximum absolute atomic E-state index is 12.0. The summed E-state index contributed by atoms with van der Waals surface area (Å²) in [6.45, 7) is 4.87. The Kier molecular flexibility index (Phi) is 4.39. The summed E-state index contributed by atoms with van der Waals surface area (Å²) in [5, 5.41) is 9.35. The molecule has 1 aliphatic heterocycles. The number of aliphatic carboxylic acids is 1. The van der Waals surface area contributed by atoms with Gasteiger partial charge in [0.15, 0.2) is 6.10 Å². The molecule has 1 saturated heterocycles. The van der Waals surface area contributed by atoms with E-state index in [1.165, 1.54) is 0 Å². The summed E-state index contributed by atoms with van der Waals surface area (Å²) in [5.41, 5.74) is 0.696. The predicted octanol–water partition coefficient (Wildman–Crippen LogP) is 0.666. The van der Waals surface area contributed by atoms with Crippen LogP contribution in [-0.2, 0) is 20.9 Å². The number of imidazole rings is 1. The van der Waals surface area contributed by atoms with Gasteiger partial charge < -0.3 is 19.3 Å². The van der Waals surface area contributed by atoms with Crippen molar-refractivity contribution in [2.24, 2.45) is 0 Å². The fraction of sp³-hybridized carbons (Fsp3) is 0.615. The highest BCUT2D eigenvalue weighted by Crippen LogP contribution is 2.30. The van der Waals surface area contributed by atoms with Gasteiger partial charge in [0.2, 0.25) is 5.91 Å². The molecule has 0 bridgehead atoms. The molecule has 2 heterocycles. The van der Waals surface area contributed by atoms with Gasteiger partial charge in [-0.15, -0.1) is 0 Å². The van der Waals surface area contributed by atoms with E-state index in [1.807, 2.05) is 18.4 Å². The third-order valence-corrected chi connectivity index (χ3v) is 3.43. The second kappa shape index (κ2) is 6.04. The Hall–Kier alpha value is -1.89. The second-order valence-corrected chi connectivity index (χ2v) is 4.71. The van der Waals surface area contributed by atoms with Crippen molar-refractivity contribution >= 4 is 11.9 Å². The number of morpholine rings is 1. The van der Waals surface area contributed by atoms with E-state index in [0.717, 1.165) is 6.42 Å². The molecule has 1 aromatic heterocycles. The molecule has 1 aliphatic rings.